The van der Waals surface area contributed by atoms with Gasteiger partial charge in [-0.3, -0.25) is 0 Å². The van der Waals surface area contributed by atoms with E-state index in [0.717, 1.165) is 30.3 Å². The van der Waals surface area contributed by atoms with Crippen LogP contribution in [0.25, 0.3) is 0 Å². The van der Waals surface area contributed by atoms with Crippen molar-refractivity contribution >= 4 is 17.4 Å². The highest BCUT2D eigenvalue weighted by atomic mass is 35.5. The average Bonchev–Trinajstić information content (AvgIpc) is 2.37. The monoisotopic (exact) mass is 297 g/mol. The van der Waals surface area contributed by atoms with Gasteiger partial charge in [0.25, 0.3) is 0 Å². The average molecular weight is 298 g/mol. The van der Waals surface area contributed by atoms with Gasteiger partial charge in [0.15, 0.2) is 0 Å². The Bertz CT molecular complexity index is 452. The maximum Gasteiger partial charge on any atom is 0.137 e. The van der Waals surface area contributed by atoms with Crippen molar-refractivity contribution in [2.75, 3.05) is 18.0 Å². The quantitative estimate of drug-likeness (QED) is 0.743. The van der Waals surface area contributed by atoms with Crippen molar-refractivity contribution in [1.29, 1.82) is 0 Å². The highest BCUT2D eigenvalue weighted by Crippen LogP contribution is 2.28. The van der Waals surface area contributed by atoms with Crippen molar-refractivity contribution in [3.8, 4) is 0 Å². The van der Waals surface area contributed by atoms with Gasteiger partial charge in [-0.15, -0.1) is 0 Å². The number of rotatable bonds is 5. The maximum absolute atomic E-state index is 6.32. The predicted molar refractivity (Wildman–Crippen MR) is 87.8 cm³/mol. The maximum atomic E-state index is 6.32. The fraction of sp³-hybridized carbons (Fsp3) is 0.750. The first-order valence-electron chi connectivity index (χ1n) is 7.50. The first-order chi connectivity index (χ1) is 9.20. The molecule has 3 nitrogen and oxygen atoms in total. The molecule has 0 amide bonds. The Morgan fingerprint density at radius 1 is 1.20 bits per heavy atom. The molecule has 1 aromatic heterocycles. The standard InChI is InChI=1S/C16H28ClN3/c1-8-11(3)10-20(9-2)14-12(4)13(17)18-15(19-14)16(5,6)7/h11H,8-10H2,1-7H3. The molecule has 1 rings (SSSR count). The number of anilines is 1. The zero-order chi connectivity index (χ0) is 15.5. The van der Waals surface area contributed by atoms with Crippen molar-refractivity contribution in [3.05, 3.63) is 16.5 Å². The van der Waals surface area contributed by atoms with Crippen LogP contribution in [0.3, 0.4) is 0 Å². The molecule has 1 atom stereocenters. The second-order valence-electron chi connectivity index (χ2n) is 6.59. The molecule has 0 N–H and O–H groups in total. The van der Waals surface area contributed by atoms with Gasteiger partial charge in [-0.1, -0.05) is 52.6 Å². The molecule has 0 bridgehead atoms. The third-order valence-electron chi connectivity index (χ3n) is 3.64. The Kier molecular flexibility index (Phi) is 5.81. The van der Waals surface area contributed by atoms with Crippen LogP contribution in [-0.4, -0.2) is 23.1 Å². The van der Waals surface area contributed by atoms with E-state index in [1.54, 1.807) is 0 Å². The molecule has 1 heterocycles. The van der Waals surface area contributed by atoms with E-state index in [1.807, 2.05) is 6.92 Å². The van der Waals surface area contributed by atoms with Gasteiger partial charge in [-0.25, -0.2) is 9.97 Å². The molecule has 0 aliphatic carbocycles. The first-order valence-corrected chi connectivity index (χ1v) is 7.88. The third kappa shape index (κ3) is 4.08. The summed E-state index contributed by atoms with van der Waals surface area (Å²) in [5.74, 6) is 2.43. The van der Waals surface area contributed by atoms with Crippen LogP contribution in [0.5, 0.6) is 0 Å². The van der Waals surface area contributed by atoms with Gasteiger partial charge in [0.2, 0.25) is 0 Å². The summed E-state index contributed by atoms with van der Waals surface area (Å²) >= 11 is 6.32. The Balaban J connectivity index is 3.23. The second kappa shape index (κ2) is 6.75. The van der Waals surface area contributed by atoms with Crippen LogP contribution < -0.4 is 4.90 Å². The van der Waals surface area contributed by atoms with Gasteiger partial charge < -0.3 is 4.90 Å². The van der Waals surface area contributed by atoms with E-state index in [9.17, 15) is 0 Å². The van der Waals surface area contributed by atoms with Gasteiger partial charge in [0.05, 0.1) is 0 Å². The van der Waals surface area contributed by atoms with Gasteiger partial charge in [-0.05, 0) is 19.8 Å². The van der Waals surface area contributed by atoms with Crippen molar-refractivity contribution in [2.24, 2.45) is 5.92 Å². The smallest absolute Gasteiger partial charge is 0.137 e. The minimum atomic E-state index is -0.0954. The molecule has 1 aromatic rings. The van der Waals surface area contributed by atoms with E-state index in [4.69, 9.17) is 16.6 Å². The van der Waals surface area contributed by atoms with Crippen LogP contribution in [-0.2, 0) is 5.41 Å². The molecule has 0 saturated heterocycles. The lowest BCUT2D eigenvalue weighted by molar-refractivity contribution is 0.529. The molecule has 0 saturated carbocycles. The third-order valence-corrected chi connectivity index (χ3v) is 4.01. The fourth-order valence-electron chi connectivity index (χ4n) is 1.99. The van der Waals surface area contributed by atoms with Gasteiger partial charge in [0, 0.05) is 24.1 Å². The number of hydrogen-bond acceptors (Lipinski definition) is 3. The van der Waals surface area contributed by atoms with E-state index in [-0.39, 0.29) is 5.41 Å². The SMILES string of the molecule is CCC(C)CN(CC)c1nc(C(C)(C)C)nc(Cl)c1C. The molecule has 20 heavy (non-hydrogen) atoms. The number of aromatic nitrogens is 2. The summed E-state index contributed by atoms with van der Waals surface area (Å²) < 4.78 is 0. The van der Waals surface area contributed by atoms with Crippen molar-refractivity contribution < 1.29 is 0 Å². The summed E-state index contributed by atoms with van der Waals surface area (Å²) in [4.78, 5) is 11.6. The van der Waals surface area contributed by atoms with Gasteiger partial charge in [0.1, 0.15) is 16.8 Å². The van der Waals surface area contributed by atoms with E-state index in [0.29, 0.717) is 11.1 Å². The van der Waals surface area contributed by atoms with Crippen LogP contribution in [0, 0.1) is 12.8 Å². The molecule has 4 heteroatoms. The normalized spacial score (nSPS) is 13.4. The lowest BCUT2D eigenvalue weighted by Gasteiger charge is -2.28. The molecule has 0 fully saturated rings. The summed E-state index contributed by atoms with van der Waals surface area (Å²) in [6, 6.07) is 0. The Morgan fingerprint density at radius 2 is 1.80 bits per heavy atom. The molecule has 0 aliphatic heterocycles. The number of halogens is 1. The van der Waals surface area contributed by atoms with Crippen LogP contribution in [0.4, 0.5) is 5.82 Å². The second-order valence-corrected chi connectivity index (χ2v) is 6.95. The molecule has 0 spiro atoms. The van der Waals surface area contributed by atoms with E-state index >= 15 is 0 Å². The summed E-state index contributed by atoms with van der Waals surface area (Å²) in [6.45, 7) is 16.9. The van der Waals surface area contributed by atoms with Crippen LogP contribution in [0.1, 0.15) is 59.4 Å². The Morgan fingerprint density at radius 3 is 2.25 bits per heavy atom. The predicted octanol–water partition coefficient (Wildman–Crippen LogP) is 4.61. The van der Waals surface area contributed by atoms with Crippen molar-refractivity contribution in [3.63, 3.8) is 0 Å². The van der Waals surface area contributed by atoms with Gasteiger partial charge in [-0.2, -0.15) is 0 Å². The lowest BCUT2D eigenvalue weighted by atomic mass is 9.95. The highest BCUT2D eigenvalue weighted by molar-refractivity contribution is 6.30. The molecule has 0 radical (unpaired) electrons. The fourth-order valence-corrected chi connectivity index (χ4v) is 2.16. The number of nitrogens with zero attached hydrogens (tertiary/aromatic N) is 3. The number of hydrogen-bond donors (Lipinski definition) is 0. The first kappa shape index (κ1) is 17.2. The Hall–Kier alpha value is -0.830. The molecular formula is C16H28ClN3. The summed E-state index contributed by atoms with van der Waals surface area (Å²) in [5.41, 5.74) is 0.881. The van der Waals surface area contributed by atoms with Crippen LogP contribution >= 0.6 is 11.6 Å². The van der Waals surface area contributed by atoms with E-state index in [1.165, 1.54) is 6.42 Å². The van der Waals surface area contributed by atoms with Gasteiger partial charge >= 0.3 is 0 Å². The Labute approximate surface area is 128 Å². The van der Waals surface area contributed by atoms with E-state index < -0.39 is 0 Å². The lowest BCUT2D eigenvalue weighted by Crippen LogP contribution is -2.31. The zero-order valence-electron chi connectivity index (χ0n) is 13.9. The molecule has 114 valence electrons. The summed E-state index contributed by atoms with van der Waals surface area (Å²) in [5, 5.41) is 0.572. The highest BCUT2D eigenvalue weighted by Gasteiger charge is 2.23. The zero-order valence-corrected chi connectivity index (χ0v) is 14.7. The summed E-state index contributed by atoms with van der Waals surface area (Å²) in [7, 11) is 0. The minimum Gasteiger partial charge on any atom is -0.356 e. The van der Waals surface area contributed by atoms with Crippen molar-refractivity contribution in [2.45, 2.75) is 60.3 Å². The summed E-state index contributed by atoms with van der Waals surface area (Å²) in [6.07, 6.45) is 1.17. The minimum absolute atomic E-state index is 0.0954. The van der Waals surface area contributed by atoms with E-state index in [2.05, 4.69) is 51.4 Å². The van der Waals surface area contributed by atoms with Crippen LogP contribution in [0.15, 0.2) is 0 Å². The molecular weight excluding hydrogens is 270 g/mol. The molecule has 0 aliphatic rings. The topological polar surface area (TPSA) is 29.0 Å². The molecule has 1 unspecified atom stereocenters. The largest absolute Gasteiger partial charge is 0.356 e. The van der Waals surface area contributed by atoms with Crippen LogP contribution in [0.2, 0.25) is 5.15 Å². The molecule has 0 aromatic carbocycles. The van der Waals surface area contributed by atoms with Crippen molar-refractivity contribution in [1.82, 2.24) is 9.97 Å².